The van der Waals surface area contributed by atoms with Gasteiger partial charge in [0.05, 0.1) is 19.1 Å². The molecule has 10 heteroatoms. The van der Waals surface area contributed by atoms with Gasteiger partial charge in [0.15, 0.2) is 10.0 Å². The Bertz CT molecular complexity index is 1170. The van der Waals surface area contributed by atoms with E-state index in [-0.39, 0.29) is 12.0 Å². The van der Waals surface area contributed by atoms with E-state index in [1.807, 2.05) is 54.6 Å². The minimum atomic E-state index is -3.62. The van der Waals surface area contributed by atoms with Crippen LogP contribution in [0.25, 0.3) is 10.4 Å². The van der Waals surface area contributed by atoms with Crippen LogP contribution in [-0.2, 0) is 10.0 Å². The number of nitrogens with zero attached hydrogens (tertiary/aromatic N) is 4. The molecule has 0 fully saturated rings. The number of halogens is 1. The van der Waals surface area contributed by atoms with Crippen molar-refractivity contribution in [3.05, 3.63) is 74.9 Å². The van der Waals surface area contributed by atoms with Crippen LogP contribution in [0.2, 0.25) is 0 Å². The fourth-order valence-electron chi connectivity index (χ4n) is 3.01. The van der Waals surface area contributed by atoms with Gasteiger partial charge in [-0.05, 0) is 41.5 Å². The molecule has 4 rings (SSSR count). The van der Waals surface area contributed by atoms with Crippen LogP contribution in [0.3, 0.4) is 0 Å². The molecule has 1 aromatic heterocycles. The Morgan fingerprint density at radius 3 is 2.45 bits per heavy atom. The van der Waals surface area contributed by atoms with Gasteiger partial charge in [-0.1, -0.05) is 40.2 Å². The third kappa shape index (κ3) is 4.28. The highest BCUT2D eigenvalue weighted by Gasteiger charge is 2.21. The molecule has 0 saturated carbocycles. The number of anilines is 1. The van der Waals surface area contributed by atoms with Crippen LogP contribution >= 0.6 is 15.9 Å². The number of methoxy groups -OCH3 is 1. The summed E-state index contributed by atoms with van der Waals surface area (Å²) in [6, 6.07) is 15.1. The summed E-state index contributed by atoms with van der Waals surface area (Å²) in [5, 5.41) is 7.51. The van der Waals surface area contributed by atoms with Gasteiger partial charge in [-0.15, -0.1) is 0 Å². The molecule has 8 nitrogen and oxygen atoms in total. The Kier molecular flexibility index (Phi) is 5.05. The molecule has 0 aliphatic carbocycles. The van der Waals surface area contributed by atoms with Crippen molar-refractivity contribution in [2.24, 2.45) is 0 Å². The van der Waals surface area contributed by atoms with E-state index in [1.54, 1.807) is 11.8 Å². The van der Waals surface area contributed by atoms with Gasteiger partial charge in [0.25, 0.3) is 0 Å². The molecule has 1 N–H and O–H groups in total. The second-order valence-corrected chi connectivity index (χ2v) is 9.00. The molecule has 1 atom stereocenters. The van der Waals surface area contributed by atoms with Crippen molar-refractivity contribution in [2.75, 3.05) is 18.7 Å². The number of ether oxygens (including phenoxy) is 1. The van der Waals surface area contributed by atoms with E-state index >= 15 is 0 Å². The van der Waals surface area contributed by atoms with Gasteiger partial charge in [0.2, 0.25) is 0 Å². The number of benzene rings is 2. The number of sulfonamides is 1. The summed E-state index contributed by atoms with van der Waals surface area (Å²) in [6.07, 6.45) is 3.02. The Labute approximate surface area is 176 Å². The number of rotatable bonds is 5. The maximum absolute atomic E-state index is 11.5. The number of nitrogens with one attached hydrogen (secondary N) is 1. The van der Waals surface area contributed by atoms with Gasteiger partial charge in [-0.25, -0.2) is 8.42 Å². The first-order valence-electron chi connectivity index (χ1n) is 8.61. The van der Waals surface area contributed by atoms with Crippen molar-refractivity contribution < 1.29 is 13.2 Å². The van der Waals surface area contributed by atoms with Gasteiger partial charge in [0, 0.05) is 16.4 Å². The third-order valence-electron chi connectivity index (χ3n) is 4.31. The normalized spacial score (nSPS) is 15.8. The minimum Gasteiger partial charge on any atom is -0.497 e. The van der Waals surface area contributed by atoms with Gasteiger partial charge < -0.3 is 15.0 Å². The molecule has 150 valence electrons. The largest absolute Gasteiger partial charge is 0.497 e. The highest BCUT2D eigenvalue weighted by atomic mass is 79.9. The van der Waals surface area contributed by atoms with Crippen molar-refractivity contribution in [3.8, 4) is 5.75 Å². The zero-order valence-electron chi connectivity index (χ0n) is 15.6. The van der Waals surface area contributed by atoms with Crippen LogP contribution < -0.4 is 10.1 Å². The molecule has 0 saturated heterocycles. The number of aromatic nitrogens is 3. The fourth-order valence-corrected chi connectivity index (χ4v) is 3.64. The zero-order chi connectivity index (χ0) is 20.6. The molecule has 0 bridgehead atoms. The molecule has 2 heterocycles. The summed E-state index contributed by atoms with van der Waals surface area (Å²) >= 11 is 3.44. The molecule has 3 aromatic rings. The molecule has 0 spiro atoms. The lowest BCUT2D eigenvalue weighted by Crippen LogP contribution is -2.20. The standard InChI is InChI=1S/C19H17BrN5O3S/c1-28-15-9-5-13(6-10-15)17-11-16(12-3-7-14(20)8-4-12)21-19-22-18(23-25(17)19)24-29(2,26)27/h3-11,17H,1-2H3,(H-,21,22,23,24)/q-1/t17-/m1/s1. The molecule has 29 heavy (non-hydrogen) atoms. The van der Waals surface area contributed by atoms with Crippen molar-refractivity contribution in [1.82, 2.24) is 14.8 Å². The van der Waals surface area contributed by atoms with Crippen LogP contribution in [0.1, 0.15) is 17.2 Å². The smallest absolute Gasteiger partial charge is 0.197 e. The average Bonchev–Trinajstić information content (AvgIpc) is 3.08. The highest BCUT2D eigenvalue weighted by molar-refractivity contribution is 9.10. The zero-order valence-corrected chi connectivity index (χ0v) is 18.0. The minimum absolute atomic E-state index is 0.112. The molecule has 1 aliphatic rings. The number of fused-ring (bicyclic) bond motifs is 1. The average molecular weight is 475 g/mol. The van der Waals surface area contributed by atoms with E-state index < -0.39 is 10.0 Å². The van der Waals surface area contributed by atoms with Crippen LogP contribution in [-0.4, -0.2) is 36.5 Å². The van der Waals surface area contributed by atoms with Gasteiger partial charge in [-0.2, -0.15) is 0 Å². The molecule has 0 unspecified atom stereocenters. The van der Waals surface area contributed by atoms with Gasteiger partial charge in [-0.3, -0.25) is 14.5 Å². The molecular formula is C19H17BrN5O3S-. The lowest BCUT2D eigenvalue weighted by molar-refractivity contribution is 0.414. The maximum Gasteiger partial charge on any atom is 0.197 e. The first-order valence-corrected chi connectivity index (χ1v) is 11.2. The van der Waals surface area contributed by atoms with Gasteiger partial charge in [0.1, 0.15) is 11.7 Å². The van der Waals surface area contributed by atoms with E-state index in [0.717, 1.165) is 33.3 Å². The summed E-state index contributed by atoms with van der Waals surface area (Å²) in [5.41, 5.74) is 2.74. The molecule has 2 aromatic carbocycles. The number of allylic oxidation sites excluding steroid dienone is 1. The molecule has 1 aliphatic heterocycles. The van der Waals surface area contributed by atoms with Crippen molar-refractivity contribution in [3.63, 3.8) is 0 Å². The first-order chi connectivity index (χ1) is 13.8. The van der Waals surface area contributed by atoms with Crippen LogP contribution in [0.4, 0.5) is 11.9 Å². The highest BCUT2D eigenvalue weighted by Crippen LogP contribution is 2.35. The molecule has 0 radical (unpaired) electrons. The van der Waals surface area contributed by atoms with Crippen LogP contribution in [0.15, 0.2) is 59.1 Å². The monoisotopic (exact) mass is 474 g/mol. The lowest BCUT2D eigenvalue weighted by atomic mass is 10.0. The topological polar surface area (TPSA) is 100 Å². The number of hydrogen-bond donors (Lipinski definition) is 1. The van der Waals surface area contributed by atoms with Gasteiger partial charge >= 0.3 is 0 Å². The van der Waals surface area contributed by atoms with E-state index in [0.29, 0.717) is 5.95 Å². The second-order valence-electron chi connectivity index (χ2n) is 6.43. The summed E-state index contributed by atoms with van der Waals surface area (Å²) in [5.74, 6) is 1.04. The SMILES string of the molecule is COc1ccc([C@H]2C=C(c3ccc(Br)cc3)Nc3nc([N-]S(C)(=O)=O)nn32)cc1. The summed E-state index contributed by atoms with van der Waals surface area (Å²) in [6.45, 7) is 0. The predicted molar refractivity (Wildman–Crippen MR) is 115 cm³/mol. The molecular weight excluding hydrogens is 458 g/mol. The quantitative estimate of drug-likeness (QED) is 0.597. The van der Waals surface area contributed by atoms with Crippen LogP contribution in [0, 0.1) is 0 Å². The van der Waals surface area contributed by atoms with E-state index in [9.17, 15) is 8.42 Å². The predicted octanol–water partition coefficient (Wildman–Crippen LogP) is 4.07. The van der Waals surface area contributed by atoms with E-state index in [1.165, 1.54) is 0 Å². The Hall–Kier alpha value is -2.85. The Balaban J connectivity index is 1.79. The third-order valence-corrected chi connectivity index (χ3v) is 5.34. The van der Waals surface area contributed by atoms with E-state index in [2.05, 4.69) is 36.1 Å². The Morgan fingerprint density at radius 1 is 1.14 bits per heavy atom. The molecule has 0 amide bonds. The number of hydrogen-bond acceptors (Lipinski definition) is 6. The maximum atomic E-state index is 11.5. The summed E-state index contributed by atoms with van der Waals surface area (Å²) in [4.78, 5) is 4.26. The van der Waals surface area contributed by atoms with E-state index in [4.69, 9.17) is 4.74 Å². The lowest BCUT2D eigenvalue weighted by Gasteiger charge is -2.27. The second kappa shape index (κ2) is 7.53. The van der Waals surface area contributed by atoms with Crippen molar-refractivity contribution in [2.45, 2.75) is 6.04 Å². The van der Waals surface area contributed by atoms with Crippen molar-refractivity contribution in [1.29, 1.82) is 0 Å². The summed E-state index contributed by atoms with van der Waals surface area (Å²) in [7, 11) is -2.01. The Morgan fingerprint density at radius 2 is 1.83 bits per heavy atom. The van der Waals surface area contributed by atoms with Crippen molar-refractivity contribution >= 4 is 43.5 Å². The van der Waals surface area contributed by atoms with Crippen LogP contribution in [0.5, 0.6) is 5.75 Å². The summed E-state index contributed by atoms with van der Waals surface area (Å²) < 4.78 is 34.5. The fraction of sp³-hybridized carbons (Fsp3) is 0.158. The first kappa shape index (κ1) is 19.5.